The Bertz CT molecular complexity index is 1500. The number of rotatable bonds is 6. The summed E-state index contributed by atoms with van der Waals surface area (Å²) in [6.07, 6.45) is 4.43. The zero-order valence-corrected chi connectivity index (χ0v) is 21.3. The van der Waals surface area contributed by atoms with Crippen molar-refractivity contribution in [2.45, 2.75) is 26.6 Å². The van der Waals surface area contributed by atoms with Crippen LogP contribution in [0.4, 0.5) is 13.2 Å². The number of aromatic nitrogens is 3. The maximum atomic E-state index is 10.8. The standard InChI is InChI=1S/C19H15N3O.C9H10O4.CHF3/c1-2-7-15(8-3-1)19-18(20-22-21-19)13-23-17-11-10-14-6-4-5-9-16(14)12-17;1-9(8(12)13)4-2-3-6(5-9)7(10)11;2-1(3)4/h1-12H,13H2,(H,20,21,22);2-4H,5H2,1H3,(H,10,11)(H,12,13);1H. The molecule has 0 bridgehead atoms. The third-order valence-corrected chi connectivity index (χ3v) is 5.85. The maximum absolute atomic E-state index is 10.8. The molecule has 1 aromatic heterocycles. The Labute approximate surface area is 227 Å². The highest BCUT2D eigenvalue weighted by atomic mass is 19.4. The number of aliphatic carboxylic acids is 2. The summed E-state index contributed by atoms with van der Waals surface area (Å²) in [6, 6.07) is 24.3. The fraction of sp³-hybridized carbons (Fsp3) is 0.172. The minimum Gasteiger partial charge on any atom is -0.487 e. The molecule has 0 aliphatic heterocycles. The van der Waals surface area contributed by atoms with Gasteiger partial charge in [0.15, 0.2) is 0 Å². The third kappa shape index (κ3) is 8.29. The Morgan fingerprint density at radius 3 is 2.27 bits per heavy atom. The summed E-state index contributed by atoms with van der Waals surface area (Å²) in [5, 5.41) is 31.0. The number of fused-ring (bicyclic) bond motifs is 1. The molecule has 208 valence electrons. The molecule has 3 aromatic carbocycles. The molecule has 0 radical (unpaired) electrons. The van der Waals surface area contributed by atoms with Crippen molar-refractivity contribution in [1.82, 2.24) is 15.4 Å². The Morgan fingerprint density at radius 1 is 0.975 bits per heavy atom. The number of carbonyl (C=O) groups is 2. The lowest BCUT2D eigenvalue weighted by atomic mass is 9.80. The van der Waals surface area contributed by atoms with Crippen LogP contribution in [0.3, 0.4) is 0 Å². The normalized spacial score (nSPS) is 15.8. The second-order valence-corrected chi connectivity index (χ2v) is 8.79. The molecule has 0 saturated heterocycles. The van der Waals surface area contributed by atoms with Crippen LogP contribution >= 0.6 is 0 Å². The van der Waals surface area contributed by atoms with Gasteiger partial charge in [-0.2, -0.15) is 28.6 Å². The summed E-state index contributed by atoms with van der Waals surface area (Å²) in [5.41, 5.74) is 1.70. The van der Waals surface area contributed by atoms with Gasteiger partial charge in [-0.05, 0) is 36.2 Å². The van der Waals surface area contributed by atoms with Crippen LogP contribution in [-0.4, -0.2) is 44.2 Å². The zero-order chi connectivity index (χ0) is 29.1. The van der Waals surface area contributed by atoms with E-state index in [1.165, 1.54) is 30.5 Å². The molecule has 8 nitrogen and oxygen atoms in total. The molecule has 0 spiro atoms. The number of carboxylic acid groups (broad SMARTS) is 2. The topological polar surface area (TPSA) is 125 Å². The van der Waals surface area contributed by atoms with E-state index in [4.69, 9.17) is 14.9 Å². The van der Waals surface area contributed by atoms with Gasteiger partial charge in [0.2, 0.25) is 0 Å². The number of alkyl halides is 3. The third-order valence-electron chi connectivity index (χ3n) is 5.85. The number of nitrogens with one attached hydrogen (secondary N) is 1. The van der Waals surface area contributed by atoms with Crippen LogP contribution in [0.25, 0.3) is 22.0 Å². The molecule has 0 saturated carbocycles. The fourth-order valence-electron chi connectivity index (χ4n) is 3.77. The van der Waals surface area contributed by atoms with E-state index >= 15 is 0 Å². The van der Waals surface area contributed by atoms with Gasteiger partial charge in [0.1, 0.15) is 23.7 Å². The predicted octanol–water partition coefficient (Wildman–Crippen LogP) is 6.43. The molecule has 1 atom stereocenters. The molecule has 1 heterocycles. The molecule has 0 amide bonds. The lowest BCUT2D eigenvalue weighted by molar-refractivity contribution is -0.145. The Hall–Kier alpha value is -4.93. The van der Waals surface area contributed by atoms with Gasteiger partial charge in [-0.15, -0.1) is 0 Å². The number of allylic oxidation sites excluding steroid dienone is 2. The van der Waals surface area contributed by atoms with Crippen molar-refractivity contribution in [2.75, 3.05) is 0 Å². The number of ether oxygens (including phenoxy) is 1. The SMILES string of the molecule is CC1(C(=O)O)C=CC=C(C(=O)O)C1.FC(F)F.c1ccc(-c2n[nH]nc2COc2ccc3ccccc3c2)cc1. The highest BCUT2D eigenvalue weighted by molar-refractivity contribution is 5.90. The van der Waals surface area contributed by atoms with E-state index < -0.39 is 24.0 Å². The monoisotopic (exact) mass is 553 g/mol. The summed E-state index contributed by atoms with van der Waals surface area (Å²) in [6.45, 7) is -1.79. The molecule has 1 aliphatic carbocycles. The molecular formula is C29H26F3N3O5. The van der Waals surface area contributed by atoms with Gasteiger partial charge in [-0.25, -0.2) is 4.79 Å². The quantitative estimate of drug-likeness (QED) is 0.251. The van der Waals surface area contributed by atoms with Gasteiger partial charge in [0.05, 0.1) is 5.41 Å². The van der Waals surface area contributed by atoms with E-state index in [2.05, 4.69) is 33.6 Å². The van der Waals surface area contributed by atoms with Crippen molar-refractivity contribution in [3.63, 3.8) is 0 Å². The molecule has 5 rings (SSSR count). The van der Waals surface area contributed by atoms with Gasteiger partial charge in [0, 0.05) is 11.1 Å². The van der Waals surface area contributed by atoms with Gasteiger partial charge in [-0.3, -0.25) is 4.79 Å². The number of halogens is 3. The number of carboxylic acids is 2. The Kier molecular flexibility index (Phi) is 10.2. The number of hydrogen-bond donors (Lipinski definition) is 3. The van der Waals surface area contributed by atoms with Crippen LogP contribution in [0, 0.1) is 5.41 Å². The first-order chi connectivity index (χ1) is 19.1. The minimum absolute atomic E-state index is 0.0359. The maximum Gasteiger partial charge on any atom is 0.379 e. The highest BCUT2D eigenvalue weighted by Crippen LogP contribution is 2.31. The van der Waals surface area contributed by atoms with Crippen molar-refractivity contribution >= 4 is 22.7 Å². The average Bonchev–Trinajstić information content (AvgIpc) is 3.41. The minimum atomic E-state index is -3.67. The van der Waals surface area contributed by atoms with Crippen LogP contribution in [0.5, 0.6) is 5.75 Å². The van der Waals surface area contributed by atoms with Crippen LogP contribution < -0.4 is 4.74 Å². The molecule has 40 heavy (non-hydrogen) atoms. The number of aromatic amines is 1. The summed E-state index contributed by atoms with van der Waals surface area (Å²) in [5.74, 6) is -1.24. The lowest BCUT2D eigenvalue weighted by Crippen LogP contribution is -2.28. The van der Waals surface area contributed by atoms with Crippen LogP contribution in [-0.2, 0) is 16.2 Å². The van der Waals surface area contributed by atoms with E-state index in [1.807, 2.05) is 54.6 Å². The number of H-pyrrole nitrogens is 1. The molecule has 11 heteroatoms. The zero-order valence-electron chi connectivity index (χ0n) is 21.3. The van der Waals surface area contributed by atoms with Crippen LogP contribution in [0.1, 0.15) is 19.0 Å². The van der Waals surface area contributed by atoms with E-state index in [-0.39, 0.29) is 12.0 Å². The molecule has 3 N–H and O–H groups in total. The summed E-state index contributed by atoms with van der Waals surface area (Å²) in [4.78, 5) is 21.3. The fourth-order valence-corrected chi connectivity index (χ4v) is 3.77. The summed E-state index contributed by atoms with van der Waals surface area (Å²) < 4.78 is 34.9. The average molecular weight is 554 g/mol. The first-order valence-corrected chi connectivity index (χ1v) is 11.9. The molecule has 1 unspecified atom stereocenters. The second kappa shape index (κ2) is 13.7. The number of nitrogens with zero attached hydrogens (tertiary/aromatic N) is 2. The van der Waals surface area contributed by atoms with Crippen molar-refractivity contribution in [3.05, 3.63) is 102 Å². The van der Waals surface area contributed by atoms with E-state index in [9.17, 15) is 22.8 Å². The van der Waals surface area contributed by atoms with Crippen molar-refractivity contribution in [3.8, 4) is 17.0 Å². The molecular weight excluding hydrogens is 527 g/mol. The van der Waals surface area contributed by atoms with Crippen molar-refractivity contribution in [2.24, 2.45) is 5.41 Å². The lowest BCUT2D eigenvalue weighted by Gasteiger charge is -2.23. The predicted molar refractivity (Wildman–Crippen MR) is 142 cm³/mol. The molecule has 1 aliphatic rings. The molecule has 0 fully saturated rings. The smallest absolute Gasteiger partial charge is 0.379 e. The van der Waals surface area contributed by atoms with Gasteiger partial charge < -0.3 is 14.9 Å². The van der Waals surface area contributed by atoms with Crippen LogP contribution in [0.2, 0.25) is 0 Å². The Morgan fingerprint density at radius 2 is 1.62 bits per heavy atom. The number of hydrogen-bond acceptors (Lipinski definition) is 5. The van der Waals surface area contributed by atoms with Crippen molar-refractivity contribution in [1.29, 1.82) is 0 Å². The Balaban J connectivity index is 0.000000220. The summed E-state index contributed by atoms with van der Waals surface area (Å²) in [7, 11) is 0. The first-order valence-electron chi connectivity index (χ1n) is 11.9. The van der Waals surface area contributed by atoms with Gasteiger partial charge in [-0.1, -0.05) is 78.9 Å². The largest absolute Gasteiger partial charge is 0.487 e. The van der Waals surface area contributed by atoms with E-state index in [1.54, 1.807) is 0 Å². The van der Waals surface area contributed by atoms with Crippen molar-refractivity contribution < 1.29 is 37.7 Å². The second-order valence-electron chi connectivity index (χ2n) is 8.79. The highest BCUT2D eigenvalue weighted by Gasteiger charge is 2.34. The number of benzene rings is 3. The van der Waals surface area contributed by atoms with E-state index in [0.29, 0.717) is 6.61 Å². The first kappa shape index (κ1) is 29.6. The molecule has 4 aromatic rings. The summed E-state index contributed by atoms with van der Waals surface area (Å²) >= 11 is 0. The van der Waals surface area contributed by atoms with E-state index in [0.717, 1.165) is 28.1 Å². The van der Waals surface area contributed by atoms with Crippen LogP contribution in [0.15, 0.2) is 96.6 Å². The van der Waals surface area contributed by atoms with Gasteiger partial charge in [0.25, 0.3) is 0 Å². The van der Waals surface area contributed by atoms with Gasteiger partial charge >= 0.3 is 18.6 Å².